The first kappa shape index (κ1) is 17.1. The van der Waals surface area contributed by atoms with Gasteiger partial charge >= 0.3 is 6.09 Å². The van der Waals surface area contributed by atoms with E-state index in [1.54, 1.807) is 10.8 Å². The molecule has 3 aromatic rings. The Bertz CT molecular complexity index is 1020. The fourth-order valence-electron chi connectivity index (χ4n) is 2.52. The fourth-order valence-corrected chi connectivity index (χ4v) is 2.52. The first-order valence-electron chi connectivity index (χ1n) is 7.95. The minimum Gasteiger partial charge on any atom is -0.451 e. The number of carbonyl (C=O) groups is 1. The van der Waals surface area contributed by atoms with Crippen LogP contribution in [0.15, 0.2) is 71.9 Å². The van der Waals surface area contributed by atoms with E-state index in [2.05, 4.69) is 14.7 Å². The van der Waals surface area contributed by atoms with Gasteiger partial charge in [0.1, 0.15) is 6.07 Å². The average molecular weight is 344 g/mol. The van der Waals surface area contributed by atoms with E-state index in [0.717, 1.165) is 11.1 Å². The summed E-state index contributed by atoms with van der Waals surface area (Å²) in [5, 5.41) is 9.53. The molecule has 0 spiro atoms. The molecule has 0 saturated carbocycles. The first-order valence-corrected chi connectivity index (χ1v) is 7.95. The topological polar surface area (TPSA) is 80.3 Å². The Morgan fingerprint density at radius 1 is 1.15 bits per heavy atom. The molecular formula is C20H16N4O2. The molecular weight excluding hydrogens is 328 g/mol. The second kappa shape index (κ2) is 7.90. The van der Waals surface area contributed by atoms with Gasteiger partial charge in [0.25, 0.3) is 0 Å². The third-order valence-electron chi connectivity index (χ3n) is 3.74. The van der Waals surface area contributed by atoms with Crippen LogP contribution in [0.1, 0.15) is 11.3 Å². The summed E-state index contributed by atoms with van der Waals surface area (Å²) in [6, 6.07) is 21.3. The third-order valence-corrected chi connectivity index (χ3v) is 3.74. The van der Waals surface area contributed by atoms with Crippen molar-refractivity contribution < 1.29 is 9.53 Å². The van der Waals surface area contributed by atoms with Crippen molar-refractivity contribution >= 4 is 6.09 Å². The molecule has 2 aromatic carbocycles. The molecule has 6 nitrogen and oxygen atoms in total. The van der Waals surface area contributed by atoms with Crippen LogP contribution in [0.25, 0.3) is 11.3 Å². The highest BCUT2D eigenvalue weighted by molar-refractivity contribution is 5.68. The molecule has 0 saturated heterocycles. The molecule has 0 atom stereocenters. The lowest BCUT2D eigenvalue weighted by molar-refractivity contribution is 0.181. The zero-order valence-electron chi connectivity index (χ0n) is 14.2. The Kier molecular flexibility index (Phi) is 5.20. The van der Waals surface area contributed by atoms with Crippen molar-refractivity contribution in [3.05, 3.63) is 83.6 Å². The van der Waals surface area contributed by atoms with Crippen LogP contribution in [0.5, 0.6) is 0 Å². The summed E-state index contributed by atoms with van der Waals surface area (Å²) in [4.78, 5) is 19.9. The standard InChI is InChI=1S/C20H16N4O2/c1-26-20(25)23-19-17(12-21)22-18(16-10-6-3-7-11-16)14-24(19)13-15-8-4-2-5-9-15/h2-11,14H,13H2,1H3/b23-19-. The van der Waals surface area contributed by atoms with Gasteiger partial charge in [-0.1, -0.05) is 60.7 Å². The third kappa shape index (κ3) is 3.84. The summed E-state index contributed by atoms with van der Waals surface area (Å²) < 4.78 is 6.35. The van der Waals surface area contributed by atoms with E-state index in [9.17, 15) is 10.1 Å². The van der Waals surface area contributed by atoms with Gasteiger partial charge in [-0.05, 0) is 5.56 Å². The SMILES string of the molecule is COC(=O)/N=c1/c(C#N)nc(-c2ccccc2)cn1Cc1ccccc1. The van der Waals surface area contributed by atoms with Crippen molar-refractivity contribution in [2.45, 2.75) is 6.54 Å². The lowest BCUT2D eigenvalue weighted by atomic mass is 10.1. The number of ether oxygens (including phenoxy) is 1. The average Bonchev–Trinajstić information content (AvgIpc) is 2.70. The summed E-state index contributed by atoms with van der Waals surface area (Å²) >= 11 is 0. The van der Waals surface area contributed by atoms with Gasteiger partial charge in [0.15, 0.2) is 11.2 Å². The van der Waals surface area contributed by atoms with Gasteiger partial charge in [-0.2, -0.15) is 10.3 Å². The van der Waals surface area contributed by atoms with E-state index < -0.39 is 6.09 Å². The maximum Gasteiger partial charge on any atom is 0.435 e. The molecule has 0 radical (unpaired) electrons. The second-order valence-corrected chi connectivity index (χ2v) is 5.47. The number of methoxy groups -OCH3 is 1. The number of aromatic nitrogens is 2. The Morgan fingerprint density at radius 3 is 2.42 bits per heavy atom. The van der Waals surface area contributed by atoms with Gasteiger partial charge in [0.2, 0.25) is 0 Å². The largest absolute Gasteiger partial charge is 0.451 e. The molecule has 3 rings (SSSR count). The van der Waals surface area contributed by atoms with Gasteiger partial charge in [-0.3, -0.25) is 0 Å². The minimum atomic E-state index is -0.780. The van der Waals surface area contributed by atoms with Crippen LogP contribution in [0.3, 0.4) is 0 Å². The van der Waals surface area contributed by atoms with Gasteiger partial charge in [0, 0.05) is 18.3 Å². The molecule has 1 heterocycles. The van der Waals surface area contributed by atoms with Crippen LogP contribution >= 0.6 is 0 Å². The van der Waals surface area contributed by atoms with Crippen LogP contribution in [0, 0.1) is 11.3 Å². The van der Waals surface area contributed by atoms with Crippen LogP contribution in [0.2, 0.25) is 0 Å². The Hall–Kier alpha value is -3.72. The monoisotopic (exact) mass is 344 g/mol. The summed E-state index contributed by atoms with van der Waals surface area (Å²) in [5.41, 5.74) is 2.74. The number of hydrogen-bond acceptors (Lipinski definition) is 4. The van der Waals surface area contributed by atoms with E-state index in [4.69, 9.17) is 0 Å². The van der Waals surface area contributed by atoms with E-state index in [1.807, 2.05) is 66.7 Å². The second-order valence-electron chi connectivity index (χ2n) is 5.47. The lowest BCUT2D eigenvalue weighted by Crippen LogP contribution is -2.27. The normalized spacial score (nSPS) is 11.0. The van der Waals surface area contributed by atoms with Crippen molar-refractivity contribution in [1.82, 2.24) is 9.55 Å². The zero-order chi connectivity index (χ0) is 18.4. The maximum absolute atomic E-state index is 11.7. The highest BCUT2D eigenvalue weighted by Gasteiger charge is 2.11. The summed E-state index contributed by atoms with van der Waals surface area (Å²) in [6.07, 6.45) is 1.00. The molecule has 0 N–H and O–H groups in total. The van der Waals surface area contributed by atoms with Crippen LogP contribution in [-0.2, 0) is 11.3 Å². The number of hydrogen-bond donors (Lipinski definition) is 0. The van der Waals surface area contributed by atoms with Crippen molar-refractivity contribution in [1.29, 1.82) is 5.26 Å². The molecule has 0 aliphatic carbocycles. The van der Waals surface area contributed by atoms with Crippen LogP contribution < -0.4 is 5.49 Å². The summed E-state index contributed by atoms with van der Waals surface area (Å²) in [6.45, 7) is 0.438. The fraction of sp³-hybridized carbons (Fsp3) is 0.100. The Balaban J connectivity index is 2.21. The minimum absolute atomic E-state index is 0.0627. The van der Waals surface area contributed by atoms with E-state index in [1.165, 1.54) is 7.11 Å². The van der Waals surface area contributed by atoms with Crippen LogP contribution in [0.4, 0.5) is 4.79 Å². The van der Waals surface area contributed by atoms with E-state index >= 15 is 0 Å². The number of nitrogens with zero attached hydrogens (tertiary/aromatic N) is 4. The van der Waals surface area contributed by atoms with Crippen molar-refractivity contribution in [2.24, 2.45) is 4.99 Å². The highest BCUT2D eigenvalue weighted by atomic mass is 16.5. The quantitative estimate of drug-likeness (QED) is 0.731. The molecule has 0 fully saturated rings. The molecule has 128 valence electrons. The maximum atomic E-state index is 11.7. The number of benzene rings is 2. The number of rotatable bonds is 3. The predicted molar refractivity (Wildman–Crippen MR) is 95.9 cm³/mol. The number of carbonyl (C=O) groups excluding carboxylic acids is 1. The Labute approximate surface area is 150 Å². The molecule has 0 aliphatic heterocycles. The molecule has 1 amide bonds. The predicted octanol–water partition coefficient (Wildman–Crippen LogP) is 3.14. The van der Waals surface area contributed by atoms with Crippen molar-refractivity contribution in [3.8, 4) is 17.3 Å². The molecule has 6 heteroatoms. The zero-order valence-corrected chi connectivity index (χ0v) is 14.2. The van der Waals surface area contributed by atoms with Crippen molar-refractivity contribution in [3.63, 3.8) is 0 Å². The van der Waals surface area contributed by atoms with Gasteiger partial charge < -0.3 is 9.30 Å². The number of nitriles is 1. The Morgan fingerprint density at radius 2 is 1.81 bits per heavy atom. The van der Waals surface area contributed by atoms with E-state index in [-0.39, 0.29) is 11.2 Å². The van der Waals surface area contributed by atoms with Gasteiger partial charge in [-0.25, -0.2) is 9.78 Å². The molecule has 26 heavy (non-hydrogen) atoms. The highest BCUT2D eigenvalue weighted by Crippen LogP contribution is 2.16. The lowest BCUT2D eigenvalue weighted by Gasteiger charge is -2.11. The van der Waals surface area contributed by atoms with Gasteiger partial charge in [-0.15, -0.1) is 0 Å². The van der Waals surface area contributed by atoms with E-state index in [0.29, 0.717) is 12.2 Å². The number of amides is 1. The summed E-state index contributed by atoms with van der Waals surface area (Å²) in [5.74, 6) is 0. The smallest absolute Gasteiger partial charge is 0.435 e. The molecule has 1 aromatic heterocycles. The molecule has 0 unspecified atom stereocenters. The molecule has 0 aliphatic rings. The molecule has 0 bridgehead atoms. The van der Waals surface area contributed by atoms with Crippen molar-refractivity contribution in [2.75, 3.05) is 7.11 Å². The van der Waals surface area contributed by atoms with Gasteiger partial charge in [0.05, 0.1) is 12.8 Å². The van der Waals surface area contributed by atoms with Crippen LogP contribution in [-0.4, -0.2) is 22.8 Å². The summed E-state index contributed by atoms with van der Waals surface area (Å²) in [7, 11) is 1.24. The first-order chi connectivity index (χ1) is 12.7.